The number of hydrogen-bond donors (Lipinski definition) is 0. The van der Waals surface area contributed by atoms with Gasteiger partial charge in [0.2, 0.25) is 5.78 Å². The van der Waals surface area contributed by atoms with E-state index in [4.69, 9.17) is 0 Å². The third-order valence-corrected chi connectivity index (χ3v) is 9.29. The smallest absolute Gasteiger partial charge is 0.211 e. The molecule has 4 rings (SSSR count). The molecule has 2 heterocycles. The number of sulfone groups is 2. The fourth-order valence-corrected chi connectivity index (χ4v) is 6.90. The summed E-state index contributed by atoms with van der Waals surface area (Å²) in [5.41, 5.74) is 1.84. The second-order valence-corrected chi connectivity index (χ2v) is 12.0. The Hall–Kier alpha value is -3.23. The molecule has 0 unspecified atom stereocenters. The first-order chi connectivity index (χ1) is 15.7. The van der Waals surface area contributed by atoms with E-state index in [9.17, 15) is 21.6 Å². The van der Waals surface area contributed by atoms with E-state index in [2.05, 4.69) is 0 Å². The van der Waals surface area contributed by atoms with Crippen LogP contribution in [0.1, 0.15) is 29.9 Å². The van der Waals surface area contributed by atoms with Gasteiger partial charge in [0, 0.05) is 11.8 Å². The molecule has 0 radical (unpaired) electrons. The molecule has 0 N–H and O–H groups in total. The number of pyridine rings is 1. The molecule has 0 bridgehead atoms. The van der Waals surface area contributed by atoms with Crippen molar-refractivity contribution >= 4 is 31.0 Å². The van der Waals surface area contributed by atoms with E-state index in [1.807, 2.05) is 30.3 Å². The predicted molar refractivity (Wildman–Crippen MR) is 128 cm³/mol. The standard InChI is InChI=1S/C25H23NO5S2/c1-3-32(28,29)24-21-17-20(18-11-7-5-8-12-18)15-16-26(21)22(25(24)33(30,31)4-2)23(27)19-13-9-6-10-14-19/h5-17H,3-4H2,1-2H3. The Morgan fingerprint density at radius 2 is 1.27 bits per heavy atom. The molecule has 33 heavy (non-hydrogen) atoms. The number of fused-ring (bicyclic) bond motifs is 1. The zero-order valence-electron chi connectivity index (χ0n) is 18.2. The molecule has 0 aliphatic carbocycles. The third kappa shape index (κ3) is 4.00. The van der Waals surface area contributed by atoms with E-state index < -0.39 is 30.4 Å². The largest absolute Gasteiger partial charge is 0.311 e. The molecule has 0 aliphatic rings. The molecule has 0 atom stereocenters. The van der Waals surface area contributed by atoms with Gasteiger partial charge < -0.3 is 4.40 Å². The van der Waals surface area contributed by atoms with Crippen LogP contribution >= 0.6 is 0 Å². The second-order valence-electron chi connectivity index (χ2n) is 7.55. The first-order valence-corrected chi connectivity index (χ1v) is 13.8. The average Bonchev–Trinajstić information content (AvgIpc) is 3.21. The molecular formula is C25H23NO5S2. The van der Waals surface area contributed by atoms with Crippen LogP contribution in [0.2, 0.25) is 0 Å². The number of ketones is 1. The topological polar surface area (TPSA) is 89.8 Å². The van der Waals surface area contributed by atoms with Crippen LogP contribution in [0.4, 0.5) is 0 Å². The van der Waals surface area contributed by atoms with Crippen molar-refractivity contribution in [1.29, 1.82) is 0 Å². The third-order valence-electron chi connectivity index (χ3n) is 5.59. The molecule has 170 valence electrons. The molecule has 6 nitrogen and oxygen atoms in total. The fourth-order valence-electron chi connectivity index (χ4n) is 3.83. The summed E-state index contributed by atoms with van der Waals surface area (Å²) in [7, 11) is -8.06. The van der Waals surface area contributed by atoms with Crippen LogP contribution in [0.25, 0.3) is 16.6 Å². The van der Waals surface area contributed by atoms with Crippen molar-refractivity contribution in [2.75, 3.05) is 11.5 Å². The molecule has 0 fully saturated rings. The zero-order chi connectivity index (χ0) is 23.8. The maximum absolute atomic E-state index is 13.5. The zero-order valence-corrected chi connectivity index (χ0v) is 19.9. The maximum atomic E-state index is 13.5. The highest BCUT2D eigenvalue weighted by molar-refractivity contribution is 7.94. The van der Waals surface area contributed by atoms with Crippen LogP contribution < -0.4 is 0 Å². The second kappa shape index (κ2) is 8.61. The lowest BCUT2D eigenvalue weighted by Gasteiger charge is -2.08. The SMILES string of the molecule is CCS(=O)(=O)c1c(S(=O)(=O)CC)c2cc(-c3ccccc3)ccn2c1C(=O)c1ccccc1. The first kappa shape index (κ1) is 22.9. The minimum Gasteiger partial charge on any atom is -0.311 e. The van der Waals surface area contributed by atoms with Gasteiger partial charge in [0.25, 0.3) is 0 Å². The number of aromatic nitrogens is 1. The monoisotopic (exact) mass is 481 g/mol. The molecule has 2 aromatic heterocycles. The van der Waals surface area contributed by atoms with E-state index in [-0.39, 0.29) is 33.2 Å². The number of carbonyl (C=O) groups excluding carboxylic acids is 1. The summed E-state index contributed by atoms with van der Waals surface area (Å²) in [6.07, 6.45) is 1.57. The number of hydrogen-bond acceptors (Lipinski definition) is 5. The number of nitrogens with zero attached hydrogens (tertiary/aromatic N) is 1. The fraction of sp³-hybridized carbons (Fsp3) is 0.160. The van der Waals surface area contributed by atoms with Crippen LogP contribution in [0.5, 0.6) is 0 Å². The Labute approximate surface area is 193 Å². The summed E-state index contributed by atoms with van der Waals surface area (Å²) in [6, 6.07) is 21.0. The Bertz CT molecular complexity index is 1550. The van der Waals surface area contributed by atoms with Gasteiger partial charge in [0.15, 0.2) is 19.7 Å². The van der Waals surface area contributed by atoms with Crippen LogP contribution in [0.3, 0.4) is 0 Å². The summed E-state index contributed by atoms with van der Waals surface area (Å²) < 4.78 is 54.3. The van der Waals surface area contributed by atoms with Crippen molar-refractivity contribution in [2.24, 2.45) is 0 Å². The van der Waals surface area contributed by atoms with Crippen LogP contribution in [0.15, 0.2) is 88.8 Å². The lowest BCUT2D eigenvalue weighted by atomic mass is 10.1. The summed E-state index contributed by atoms with van der Waals surface area (Å²) in [4.78, 5) is 12.8. The summed E-state index contributed by atoms with van der Waals surface area (Å²) in [5, 5.41) is 0. The van der Waals surface area contributed by atoms with Gasteiger partial charge >= 0.3 is 0 Å². The van der Waals surface area contributed by atoms with Gasteiger partial charge in [-0.3, -0.25) is 4.79 Å². The number of carbonyl (C=O) groups is 1. The molecular weight excluding hydrogens is 458 g/mol. The van der Waals surface area contributed by atoms with E-state index in [1.54, 1.807) is 48.7 Å². The molecule has 0 saturated carbocycles. The van der Waals surface area contributed by atoms with Crippen molar-refractivity contribution < 1.29 is 21.6 Å². The van der Waals surface area contributed by atoms with Crippen molar-refractivity contribution in [2.45, 2.75) is 23.6 Å². The summed E-state index contributed by atoms with van der Waals surface area (Å²) in [6.45, 7) is 2.90. The Morgan fingerprint density at radius 1 is 0.727 bits per heavy atom. The normalized spacial score (nSPS) is 12.2. The van der Waals surface area contributed by atoms with Crippen LogP contribution in [0, 0.1) is 0 Å². The van der Waals surface area contributed by atoms with Gasteiger partial charge in [-0.1, -0.05) is 74.5 Å². The van der Waals surface area contributed by atoms with E-state index in [0.717, 1.165) is 5.56 Å². The molecule has 4 aromatic rings. The highest BCUT2D eigenvalue weighted by Crippen LogP contribution is 2.36. The Morgan fingerprint density at radius 3 is 1.85 bits per heavy atom. The highest BCUT2D eigenvalue weighted by atomic mass is 32.2. The van der Waals surface area contributed by atoms with Gasteiger partial charge in [-0.2, -0.15) is 0 Å². The molecule has 8 heteroatoms. The van der Waals surface area contributed by atoms with Crippen molar-refractivity contribution in [1.82, 2.24) is 4.40 Å². The molecule has 0 spiro atoms. The van der Waals surface area contributed by atoms with Crippen molar-refractivity contribution in [3.63, 3.8) is 0 Å². The predicted octanol–water partition coefficient (Wildman–Crippen LogP) is 4.42. The molecule has 0 saturated heterocycles. The van der Waals surface area contributed by atoms with Gasteiger partial charge in [-0.05, 0) is 23.3 Å². The molecule has 0 aliphatic heterocycles. The minimum absolute atomic E-state index is 0.162. The van der Waals surface area contributed by atoms with Gasteiger partial charge in [0.1, 0.15) is 15.5 Å². The van der Waals surface area contributed by atoms with E-state index in [1.165, 1.54) is 18.2 Å². The molecule has 2 aromatic carbocycles. The van der Waals surface area contributed by atoms with E-state index >= 15 is 0 Å². The lowest BCUT2D eigenvalue weighted by molar-refractivity contribution is 0.103. The average molecular weight is 482 g/mol. The van der Waals surface area contributed by atoms with Gasteiger partial charge in [-0.25, -0.2) is 16.8 Å². The minimum atomic E-state index is -4.07. The number of rotatable bonds is 7. The molecule has 0 amide bonds. The Kier molecular flexibility index (Phi) is 5.99. The van der Waals surface area contributed by atoms with Crippen molar-refractivity contribution in [3.8, 4) is 11.1 Å². The highest BCUT2D eigenvalue weighted by Gasteiger charge is 2.36. The first-order valence-electron chi connectivity index (χ1n) is 10.5. The summed E-state index contributed by atoms with van der Waals surface area (Å²) in [5.74, 6) is -1.19. The van der Waals surface area contributed by atoms with Crippen molar-refractivity contribution in [3.05, 3.63) is 90.3 Å². The van der Waals surface area contributed by atoms with Gasteiger partial charge in [-0.15, -0.1) is 0 Å². The maximum Gasteiger partial charge on any atom is 0.211 e. The summed E-state index contributed by atoms with van der Waals surface area (Å²) >= 11 is 0. The van der Waals surface area contributed by atoms with Crippen LogP contribution in [-0.2, 0) is 19.7 Å². The number of benzene rings is 2. The Balaban J connectivity index is 2.18. The quantitative estimate of drug-likeness (QED) is 0.365. The van der Waals surface area contributed by atoms with Crippen LogP contribution in [-0.4, -0.2) is 38.5 Å². The lowest BCUT2D eigenvalue weighted by Crippen LogP contribution is -2.15. The van der Waals surface area contributed by atoms with Gasteiger partial charge in [0.05, 0.1) is 17.0 Å². The van der Waals surface area contributed by atoms with E-state index in [0.29, 0.717) is 5.56 Å².